The molecule has 2 rings (SSSR count). The van der Waals surface area contributed by atoms with Crippen molar-refractivity contribution in [1.82, 2.24) is 4.98 Å². The highest BCUT2D eigenvalue weighted by molar-refractivity contribution is 7.10. The number of nitrogens with two attached hydrogens (primary N) is 1. The number of aromatic nitrogens is 1. The third-order valence-corrected chi connectivity index (χ3v) is 4.01. The molecule has 0 spiro atoms. The largest absolute Gasteiger partial charge is 0.417 e. The van der Waals surface area contributed by atoms with E-state index in [1.54, 1.807) is 0 Å². The average Bonchev–Trinajstić information content (AvgIpc) is 2.95. The van der Waals surface area contributed by atoms with Crippen LogP contribution in [-0.2, 0) is 12.6 Å². The summed E-state index contributed by atoms with van der Waals surface area (Å²) in [6, 6.07) is 0. The van der Waals surface area contributed by atoms with Crippen molar-refractivity contribution < 1.29 is 18.0 Å². The van der Waals surface area contributed by atoms with Crippen LogP contribution in [0.2, 0.25) is 0 Å². The summed E-state index contributed by atoms with van der Waals surface area (Å²) in [6.45, 7) is 0.382. The van der Waals surface area contributed by atoms with Crippen LogP contribution in [0.5, 0.6) is 0 Å². The second-order valence-corrected chi connectivity index (χ2v) is 5.38. The Bertz CT molecular complexity index is 589. The predicted octanol–water partition coefficient (Wildman–Crippen LogP) is 2.96. The molecule has 0 aliphatic carbocycles. The number of hydrogen-bond donors (Lipinski definition) is 1. The zero-order valence-corrected chi connectivity index (χ0v) is 11.2. The van der Waals surface area contributed by atoms with Gasteiger partial charge in [0, 0.05) is 28.1 Å². The van der Waals surface area contributed by atoms with Gasteiger partial charge in [0.05, 0.1) is 10.6 Å². The lowest BCUT2D eigenvalue weighted by Crippen LogP contribution is -2.12. The van der Waals surface area contributed by atoms with E-state index in [0.29, 0.717) is 18.0 Å². The Kier molecular flexibility index (Phi) is 4.02. The molecule has 2 heterocycles. The van der Waals surface area contributed by atoms with E-state index in [1.165, 1.54) is 22.1 Å². The minimum atomic E-state index is -4.53. The molecule has 0 saturated carbocycles. The van der Waals surface area contributed by atoms with Gasteiger partial charge in [-0.25, -0.2) is 4.98 Å². The number of rotatable bonds is 4. The maximum Gasteiger partial charge on any atom is 0.417 e. The van der Waals surface area contributed by atoms with Crippen LogP contribution in [0, 0.1) is 0 Å². The lowest BCUT2D eigenvalue weighted by atomic mass is 10.1. The van der Waals surface area contributed by atoms with Gasteiger partial charge in [-0.1, -0.05) is 0 Å². The molecule has 0 radical (unpaired) electrons. The molecular formula is C11H9F3N2OS2. The van der Waals surface area contributed by atoms with Crippen molar-refractivity contribution in [1.29, 1.82) is 0 Å². The van der Waals surface area contributed by atoms with Gasteiger partial charge in [0.2, 0.25) is 5.78 Å². The van der Waals surface area contributed by atoms with Crippen LogP contribution in [0.1, 0.15) is 26.6 Å². The summed E-state index contributed by atoms with van der Waals surface area (Å²) in [7, 11) is 0. The van der Waals surface area contributed by atoms with Crippen LogP contribution in [0.3, 0.4) is 0 Å². The van der Waals surface area contributed by atoms with Crippen LogP contribution in [0.15, 0.2) is 16.1 Å². The van der Waals surface area contributed by atoms with E-state index in [1.807, 2.05) is 0 Å². The Morgan fingerprint density at radius 2 is 2.05 bits per heavy atom. The molecule has 102 valence electrons. The molecule has 0 aliphatic rings. The average molecular weight is 306 g/mol. The van der Waals surface area contributed by atoms with E-state index in [-0.39, 0.29) is 11.3 Å². The fourth-order valence-corrected chi connectivity index (χ4v) is 3.11. The lowest BCUT2D eigenvalue weighted by molar-refractivity contribution is -0.137. The van der Waals surface area contributed by atoms with Gasteiger partial charge in [-0.05, 0) is 6.54 Å². The molecule has 0 amide bonds. The van der Waals surface area contributed by atoms with E-state index in [0.717, 1.165) is 16.7 Å². The van der Waals surface area contributed by atoms with Crippen molar-refractivity contribution >= 4 is 28.5 Å². The molecule has 2 aromatic heterocycles. The van der Waals surface area contributed by atoms with Crippen LogP contribution in [0.4, 0.5) is 13.2 Å². The predicted molar refractivity (Wildman–Crippen MR) is 67.6 cm³/mol. The Labute approximate surface area is 114 Å². The van der Waals surface area contributed by atoms with Crippen LogP contribution >= 0.6 is 22.7 Å². The first kappa shape index (κ1) is 14.2. The quantitative estimate of drug-likeness (QED) is 0.884. The number of halogens is 3. The standard InChI is InChI=1S/C11H9F3N2OS2/c12-11(13,14)7-4-18-3-6(7)10(17)8-5-19-9(16-8)1-2-15/h3-5H,1-2,15H2. The van der Waals surface area contributed by atoms with Crippen LogP contribution < -0.4 is 5.73 Å². The normalized spacial score (nSPS) is 11.8. The van der Waals surface area contributed by atoms with Gasteiger partial charge in [0.1, 0.15) is 5.69 Å². The van der Waals surface area contributed by atoms with Crippen molar-refractivity contribution in [3.05, 3.63) is 38.0 Å². The zero-order valence-electron chi connectivity index (χ0n) is 9.53. The van der Waals surface area contributed by atoms with E-state index in [9.17, 15) is 18.0 Å². The molecule has 0 aromatic carbocycles. The summed E-state index contributed by atoms with van der Waals surface area (Å²) >= 11 is 2.07. The third kappa shape index (κ3) is 3.02. The molecule has 0 saturated heterocycles. The number of alkyl halides is 3. The number of carbonyl (C=O) groups is 1. The van der Waals surface area contributed by atoms with E-state index < -0.39 is 17.5 Å². The molecule has 0 atom stereocenters. The highest BCUT2D eigenvalue weighted by Gasteiger charge is 2.36. The number of nitrogens with zero attached hydrogens (tertiary/aromatic N) is 1. The van der Waals surface area contributed by atoms with Crippen molar-refractivity contribution in [2.45, 2.75) is 12.6 Å². The van der Waals surface area contributed by atoms with Gasteiger partial charge in [-0.3, -0.25) is 4.79 Å². The van der Waals surface area contributed by atoms with Crippen molar-refractivity contribution in [2.24, 2.45) is 5.73 Å². The Morgan fingerprint density at radius 3 is 2.68 bits per heavy atom. The van der Waals surface area contributed by atoms with Crippen molar-refractivity contribution in [3.63, 3.8) is 0 Å². The monoisotopic (exact) mass is 306 g/mol. The maximum absolute atomic E-state index is 12.7. The van der Waals surface area contributed by atoms with Crippen molar-refractivity contribution in [2.75, 3.05) is 6.54 Å². The summed E-state index contributed by atoms with van der Waals surface area (Å²) in [5, 5.41) is 4.24. The molecule has 0 bridgehead atoms. The topological polar surface area (TPSA) is 56.0 Å². The number of hydrogen-bond acceptors (Lipinski definition) is 5. The first-order chi connectivity index (χ1) is 8.93. The maximum atomic E-state index is 12.7. The van der Waals surface area contributed by atoms with Gasteiger partial charge in [-0.15, -0.1) is 11.3 Å². The number of carbonyl (C=O) groups excluding carboxylic acids is 1. The summed E-state index contributed by atoms with van der Waals surface area (Å²) < 4.78 is 38.1. The molecule has 0 aliphatic heterocycles. The number of thiazole rings is 1. The van der Waals surface area contributed by atoms with Gasteiger partial charge in [-0.2, -0.15) is 24.5 Å². The van der Waals surface area contributed by atoms with Crippen molar-refractivity contribution in [3.8, 4) is 0 Å². The molecule has 2 N–H and O–H groups in total. The molecular weight excluding hydrogens is 297 g/mol. The molecule has 2 aromatic rings. The Balaban J connectivity index is 2.31. The second-order valence-electron chi connectivity index (χ2n) is 3.69. The highest BCUT2D eigenvalue weighted by Crippen LogP contribution is 2.35. The lowest BCUT2D eigenvalue weighted by Gasteiger charge is -2.05. The summed E-state index contributed by atoms with van der Waals surface area (Å²) in [5.74, 6) is -0.701. The summed E-state index contributed by atoms with van der Waals surface area (Å²) in [4.78, 5) is 16.0. The first-order valence-electron chi connectivity index (χ1n) is 5.26. The van der Waals surface area contributed by atoms with Crippen LogP contribution in [-0.4, -0.2) is 17.3 Å². The fraction of sp³-hybridized carbons (Fsp3) is 0.273. The number of ketones is 1. The second kappa shape index (κ2) is 5.40. The minimum absolute atomic E-state index is 0.0392. The van der Waals surface area contributed by atoms with Gasteiger partial charge in [0.15, 0.2) is 0 Å². The molecule has 0 unspecified atom stereocenters. The van der Waals surface area contributed by atoms with Gasteiger partial charge >= 0.3 is 6.18 Å². The highest BCUT2D eigenvalue weighted by atomic mass is 32.1. The van der Waals surface area contributed by atoms with E-state index >= 15 is 0 Å². The van der Waals surface area contributed by atoms with Gasteiger partial charge < -0.3 is 5.73 Å². The summed E-state index contributed by atoms with van der Waals surface area (Å²) in [6.07, 6.45) is -4.02. The Hall–Kier alpha value is -1.25. The van der Waals surface area contributed by atoms with E-state index in [2.05, 4.69) is 4.98 Å². The SMILES string of the molecule is NCCc1nc(C(=O)c2cscc2C(F)(F)F)cs1. The summed E-state index contributed by atoms with van der Waals surface area (Å²) in [5.41, 5.74) is 4.14. The van der Waals surface area contributed by atoms with Gasteiger partial charge in [0.25, 0.3) is 0 Å². The van der Waals surface area contributed by atoms with E-state index in [4.69, 9.17) is 5.73 Å². The molecule has 19 heavy (non-hydrogen) atoms. The first-order valence-corrected chi connectivity index (χ1v) is 7.08. The third-order valence-electron chi connectivity index (χ3n) is 2.35. The molecule has 0 fully saturated rings. The molecule has 3 nitrogen and oxygen atoms in total. The zero-order chi connectivity index (χ0) is 14.0. The minimum Gasteiger partial charge on any atom is -0.330 e. The fourth-order valence-electron chi connectivity index (χ4n) is 1.48. The molecule has 8 heteroatoms. The van der Waals surface area contributed by atoms with Crippen LogP contribution in [0.25, 0.3) is 0 Å². The number of thiophene rings is 1. The smallest absolute Gasteiger partial charge is 0.330 e. The Morgan fingerprint density at radius 1 is 1.32 bits per heavy atom.